The third kappa shape index (κ3) is 4.59. The molecule has 8 nitrogen and oxygen atoms in total. The summed E-state index contributed by atoms with van der Waals surface area (Å²) in [5.74, 6) is -0.277. The Morgan fingerprint density at radius 2 is 1.71 bits per heavy atom. The topological polar surface area (TPSA) is 148 Å². The second-order valence-corrected chi connectivity index (χ2v) is 6.97. The zero-order valence-electron chi connectivity index (χ0n) is 13.9. The number of hydrogen-bond donors (Lipinski definition) is 5. The van der Waals surface area contributed by atoms with Gasteiger partial charge in [-0.05, 0) is 56.8 Å². The van der Waals surface area contributed by atoms with E-state index >= 15 is 0 Å². The number of carboxylic acid groups (broad SMARTS) is 1. The molecule has 3 amide bonds. The summed E-state index contributed by atoms with van der Waals surface area (Å²) in [7, 11) is 0. The van der Waals surface area contributed by atoms with Crippen LogP contribution in [-0.2, 0) is 9.59 Å². The molecule has 3 saturated carbocycles. The highest BCUT2D eigenvalue weighted by Gasteiger charge is 2.47. The molecule has 0 radical (unpaired) electrons. The van der Waals surface area contributed by atoms with Crippen LogP contribution in [0, 0.1) is 17.8 Å². The summed E-state index contributed by atoms with van der Waals surface area (Å²) in [4.78, 5) is 34.5. The Morgan fingerprint density at radius 3 is 2.29 bits per heavy atom. The number of hydrogen-bond acceptors (Lipinski definition) is 4. The van der Waals surface area contributed by atoms with E-state index in [1.807, 2.05) is 0 Å². The number of unbranched alkanes of at least 4 members (excludes halogenated alkanes) is 1. The van der Waals surface area contributed by atoms with Crippen molar-refractivity contribution in [2.24, 2.45) is 29.2 Å². The molecule has 0 heterocycles. The van der Waals surface area contributed by atoms with E-state index in [2.05, 4.69) is 10.6 Å². The Balaban J connectivity index is 1.79. The summed E-state index contributed by atoms with van der Waals surface area (Å²) in [6.07, 6.45) is 4.78. The predicted molar refractivity (Wildman–Crippen MR) is 87.9 cm³/mol. The van der Waals surface area contributed by atoms with Crippen molar-refractivity contribution in [3.05, 3.63) is 0 Å². The van der Waals surface area contributed by atoms with E-state index < -0.39 is 12.1 Å². The summed E-state index contributed by atoms with van der Waals surface area (Å²) >= 11 is 0. The van der Waals surface area contributed by atoms with Crippen molar-refractivity contribution in [1.29, 1.82) is 0 Å². The first-order chi connectivity index (χ1) is 11.4. The lowest BCUT2D eigenvalue weighted by molar-refractivity contribution is -0.132. The molecule has 3 aliphatic carbocycles. The molecule has 8 heteroatoms. The van der Waals surface area contributed by atoms with Gasteiger partial charge in [0.15, 0.2) is 0 Å². The summed E-state index contributed by atoms with van der Waals surface area (Å²) in [5.41, 5.74) is 11.5. The second-order valence-electron chi connectivity index (χ2n) is 6.97. The standard InChI is InChI=1S/C16H28N4O4/c17-11(3-1-2-8-19-16(23)24)15(22)20-13-10-6-4-9(5-7-10)12(13)14(18)21/h9-13,19H,1-8,17H2,(H2,18,21)(H,20,22)(H,23,24). The van der Waals surface area contributed by atoms with Crippen LogP contribution in [0.2, 0.25) is 0 Å². The van der Waals surface area contributed by atoms with Gasteiger partial charge in [0, 0.05) is 12.6 Å². The SMILES string of the molecule is NC(=O)C1C2CCC(CC2)C1NC(=O)C(N)CCCCNC(=O)O. The van der Waals surface area contributed by atoms with E-state index in [1.54, 1.807) is 0 Å². The van der Waals surface area contributed by atoms with Gasteiger partial charge in [0.1, 0.15) is 0 Å². The van der Waals surface area contributed by atoms with Gasteiger partial charge >= 0.3 is 6.09 Å². The van der Waals surface area contributed by atoms with Crippen molar-refractivity contribution in [2.75, 3.05) is 6.54 Å². The first kappa shape index (κ1) is 18.5. The largest absolute Gasteiger partial charge is 0.465 e. The summed E-state index contributed by atoms with van der Waals surface area (Å²) in [6, 6.07) is -0.842. The van der Waals surface area contributed by atoms with Gasteiger partial charge in [-0.2, -0.15) is 0 Å². The molecule has 7 N–H and O–H groups in total. The molecule has 0 aromatic carbocycles. The average Bonchev–Trinajstić information content (AvgIpc) is 2.54. The normalized spacial score (nSPS) is 29.7. The van der Waals surface area contributed by atoms with Gasteiger partial charge in [0.2, 0.25) is 11.8 Å². The number of fused-ring (bicyclic) bond motifs is 3. The van der Waals surface area contributed by atoms with Gasteiger partial charge in [0.25, 0.3) is 0 Å². The fourth-order valence-corrected chi connectivity index (χ4v) is 4.15. The van der Waals surface area contributed by atoms with Gasteiger partial charge in [0.05, 0.1) is 12.0 Å². The van der Waals surface area contributed by atoms with Crippen LogP contribution in [0.1, 0.15) is 44.9 Å². The first-order valence-corrected chi connectivity index (χ1v) is 8.72. The fraction of sp³-hybridized carbons (Fsp3) is 0.812. The molecule has 3 aliphatic rings. The lowest BCUT2D eigenvalue weighted by Crippen LogP contribution is -2.59. The molecule has 2 bridgehead atoms. The second kappa shape index (κ2) is 8.32. The molecule has 3 atom stereocenters. The minimum Gasteiger partial charge on any atom is -0.465 e. The minimum atomic E-state index is -1.05. The maximum atomic E-state index is 12.3. The van der Waals surface area contributed by atoms with Crippen molar-refractivity contribution in [3.8, 4) is 0 Å². The molecule has 0 aromatic heterocycles. The molecule has 3 unspecified atom stereocenters. The zero-order valence-corrected chi connectivity index (χ0v) is 13.9. The van der Waals surface area contributed by atoms with Crippen LogP contribution >= 0.6 is 0 Å². The van der Waals surface area contributed by atoms with Crippen LogP contribution in [0.25, 0.3) is 0 Å². The Bertz CT molecular complexity index is 477. The Hall–Kier alpha value is -1.83. The molecular weight excluding hydrogens is 312 g/mol. The number of nitrogens with one attached hydrogen (secondary N) is 2. The van der Waals surface area contributed by atoms with E-state index in [0.29, 0.717) is 31.7 Å². The first-order valence-electron chi connectivity index (χ1n) is 8.72. The van der Waals surface area contributed by atoms with E-state index in [0.717, 1.165) is 25.7 Å². The molecule has 24 heavy (non-hydrogen) atoms. The number of primary amides is 1. The third-order valence-corrected chi connectivity index (χ3v) is 5.41. The highest BCUT2D eigenvalue weighted by atomic mass is 16.4. The lowest BCUT2D eigenvalue weighted by Gasteiger charge is -2.47. The quantitative estimate of drug-likeness (QED) is 0.399. The minimum absolute atomic E-state index is 0.192. The van der Waals surface area contributed by atoms with E-state index in [9.17, 15) is 14.4 Å². The van der Waals surface area contributed by atoms with Crippen molar-refractivity contribution in [2.45, 2.75) is 57.0 Å². The molecule has 0 aromatic rings. The number of rotatable bonds is 8. The van der Waals surface area contributed by atoms with Crippen LogP contribution in [0.3, 0.4) is 0 Å². The van der Waals surface area contributed by atoms with Gasteiger partial charge in [-0.3, -0.25) is 9.59 Å². The van der Waals surface area contributed by atoms with Gasteiger partial charge in [-0.1, -0.05) is 0 Å². The van der Waals surface area contributed by atoms with Gasteiger partial charge in [-0.15, -0.1) is 0 Å². The zero-order chi connectivity index (χ0) is 17.7. The summed E-state index contributed by atoms with van der Waals surface area (Å²) < 4.78 is 0. The van der Waals surface area contributed by atoms with Crippen LogP contribution in [0.15, 0.2) is 0 Å². The molecule has 136 valence electrons. The molecule has 0 aliphatic heterocycles. The van der Waals surface area contributed by atoms with Gasteiger partial charge < -0.3 is 27.2 Å². The third-order valence-electron chi connectivity index (χ3n) is 5.41. The molecule has 3 rings (SSSR count). The fourth-order valence-electron chi connectivity index (χ4n) is 4.15. The number of carbonyl (C=O) groups is 3. The van der Waals surface area contributed by atoms with Crippen LogP contribution in [0.4, 0.5) is 4.79 Å². The van der Waals surface area contributed by atoms with E-state index in [4.69, 9.17) is 16.6 Å². The Labute approximate surface area is 141 Å². The van der Waals surface area contributed by atoms with Crippen LogP contribution in [0.5, 0.6) is 0 Å². The van der Waals surface area contributed by atoms with Crippen LogP contribution < -0.4 is 22.1 Å². The van der Waals surface area contributed by atoms with Crippen molar-refractivity contribution in [3.63, 3.8) is 0 Å². The van der Waals surface area contributed by atoms with Crippen LogP contribution in [-0.4, -0.2) is 41.6 Å². The number of carbonyl (C=O) groups excluding carboxylic acids is 2. The number of nitrogens with two attached hydrogens (primary N) is 2. The van der Waals surface area contributed by atoms with E-state index in [1.165, 1.54) is 0 Å². The molecular formula is C16H28N4O4. The smallest absolute Gasteiger partial charge is 0.404 e. The monoisotopic (exact) mass is 340 g/mol. The molecule has 0 spiro atoms. The molecule has 3 fully saturated rings. The van der Waals surface area contributed by atoms with Crippen molar-refractivity contribution >= 4 is 17.9 Å². The maximum Gasteiger partial charge on any atom is 0.404 e. The highest BCUT2D eigenvalue weighted by molar-refractivity contribution is 5.84. The van der Waals surface area contributed by atoms with Crippen molar-refractivity contribution in [1.82, 2.24) is 10.6 Å². The van der Waals surface area contributed by atoms with Crippen molar-refractivity contribution < 1.29 is 19.5 Å². The lowest BCUT2D eigenvalue weighted by atomic mass is 9.61. The predicted octanol–water partition coefficient (Wildman–Crippen LogP) is 0.158. The average molecular weight is 340 g/mol. The number of amides is 3. The Morgan fingerprint density at radius 1 is 1.08 bits per heavy atom. The highest BCUT2D eigenvalue weighted by Crippen LogP contribution is 2.45. The summed E-state index contributed by atoms with van der Waals surface area (Å²) in [5, 5.41) is 13.7. The summed E-state index contributed by atoms with van der Waals surface area (Å²) in [6.45, 7) is 0.347. The maximum absolute atomic E-state index is 12.3. The van der Waals surface area contributed by atoms with Gasteiger partial charge in [-0.25, -0.2) is 4.79 Å². The molecule has 0 saturated heterocycles. The Kier molecular flexibility index (Phi) is 6.42. The van der Waals surface area contributed by atoms with E-state index in [-0.39, 0.29) is 29.7 Å².